The summed E-state index contributed by atoms with van der Waals surface area (Å²) in [5, 5.41) is 9.01. The van der Waals surface area contributed by atoms with E-state index >= 15 is 0 Å². The minimum atomic E-state index is -0.861. The molecule has 152 valence electrons. The molecule has 1 N–H and O–H groups in total. The summed E-state index contributed by atoms with van der Waals surface area (Å²) in [5.41, 5.74) is 2.31. The average molecular weight is 387 g/mol. The molecule has 2 heterocycles. The van der Waals surface area contributed by atoms with E-state index in [9.17, 15) is 9.59 Å². The number of hydrogen-bond donors (Lipinski definition) is 1. The predicted octanol–water partition coefficient (Wildman–Crippen LogP) is 2.39. The summed E-state index contributed by atoms with van der Waals surface area (Å²) in [7, 11) is 0. The molecule has 2 amide bonds. The Morgan fingerprint density at radius 1 is 1.04 bits per heavy atom. The molecule has 1 fully saturated rings. The average Bonchev–Trinajstić information content (AvgIpc) is 2.72. The van der Waals surface area contributed by atoms with Crippen molar-refractivity contribution < 1.29 is 19.4 Å². The van der Waals surface area contributed by atoms with Gasteiger partial charge in [-0.1, -0.05) is 18.2 Å². The van der Waals surface area contributed by atoms with E-state index in [0.29, 0.717) is 19.7 Å². The van der Waals surface area contributed by atoms with Crippen molar-refractivity contribution in [2.24, 2.45) is 0 Å². The van der Waals surface area contributed by atoms with Crippen LogP contribution in [0.1, 0.15) is 25.3 Å². The molecule has 1 aromatic carbocycles. The standard InChI is InChI=1S/C21H29N3O4/c1-17(25)23-14-12-22(13-15-23)9-2-16-28-20-5-3-18(4-6-20)19-7-10-24(11-8-19)21(26)27/h3-7H,2,8-16H2,1H3,(H,26,27). The van der Waals surface area contributed by atoms with Crippen LogP contribution >= 0.6 is 0 Å². The van der Waals surface area contributed by atoms with Crippen LogP contribution < -0.4 is 4.74 Å². The van der Waals surface area contributed by atoms with Crippen molar-refractivity contribution in [3.8, 4) is 5.75 Å². The van der Waals surface area contributed by atoms with Crippen LogP contribution in [0.15, 0.2) is 30.3 Å². The largest absolute Gasteiger partial charge is 0.494 e. The van der Waals surface area contributed by atoms with Gasteiger partial charge in [0.1, 0.15) is 5.75 Å². The Labute approximate surface area is 166 Å². The summed E-state index contributed by atoms with van der Waals surface area (Å²) in [6.45, 7) is 7.77. The molecule has 0 aromatic heterocycles. The van der Waals surface area contributed by atoms with Crippen LogP contribution in [0.2, 0.25) is 0 Å². The second-order valence-corrected chi connectivity index (χ2v) is 7.28. The highest BCUT2D eigenvalue weighted by atomic mass is 16.5. The van der Waals surface area contributed by atoms with Gasteiger partial charge in [-0.25, -0.2) is 4.79 Å². The third kappa shape index (κ3) is 5.48. The van der Waals surface area contributed by atoms with E-state index in [1.165, 1.54) is 10.5 Å². The van der Waals surface area contributed by atoms with E-state index in [-0.39, 0.29) is 5.91 Å². The molecule has 0 unspecified atom stereocenters. The van der Waals surface area contributed by atoms with Gasteiger partial charge in [-0.2, -0.15) is 0 Å². The topological polar surface area (TPSA) is 73.3 Å². The predicted molar refractivity (Wildman–Crippen MR) is 107 cm³/mol. The van der Waals surface area contributed by atoms with Crippen molar-refractivity contribution >= 4 is 17.6 Å². The molecule has 7 heteroatoms. The van der Waals surface area contributed by atoms with E-state index in [1.807, 2.05) is 35.2 Å². The number of carbonyl (C=O) groups excluding carboxylic acids is 1. The van der Waals surface area contributed by atoms with Gasteiger partial charge in [-0.15, -0.1) is 0 Å². The molecular formula is C21H29N3O4. The highest BCUT2D eigenvalue weighted by Gasteiger charge is 2.18. The number of rotatable bonds is 6. The molecule has 2 aliphatic heterocycles. The number of ether oxygens (including phenoxy) is 1. The minimum Gasteiger partial charge on any atom is -0.494 e. The molecule has 2 aliphatic rings. The third-order valence-corrected chi connectivity index (χ3v) is 5.41. The van der Waals surface area contributed by atoms with Crippen LogP contribution in [-0.2, 0) is 4.79 Å². The number of piperazine rings is 1. The Bertz CT molecular complexity index is 709. The van der Waals surface area contributed by atoms with Crippen molar-refractivity contribution in [2.45, 2.75) is 19.8 Å². The smallest absolute Gasteiger partial charge is 0.407 e. The first-order valence-electron chi connectivity index (χ1n) is 9.91. The maximum atomic E-state index is 11.3. The summed E-state index contributed by atoms with van der Waals surface area (Å²) >= 11 is 0. The van der Waals surface area contributed by atoms with Gasteiger partial charge in [0.15, 0.2) is 0 Å². The lowest BCUT2D eigenvalue weighted by molar-refractivity contribution is -0.130. The van der Waals surface area contributed by atoms with E-state index in [4.69, 9.17) is 9.84 Å². The Kier molecular flexibility index (Phi) is 6.92. The first-order valence-corrected chi connectivity index (χ1v) is 9.91. The van der Waals surface area contributed by atoms with Crippen LogP contribution in [-0.4, -0.2) is 84.2 Å². The van der Waals surface area contributed by atoms with E-state index in [1.54, 1.807) is 6.92 Å². The monoisotopic (exact) mass is 387 g/mol. The summed E-state index contributed by atoms with van der Waals surface area (Å²) in [5.74, 6) is 1.02. The maximum Gasteiger partial charge on any atom is 0.407 e. The summed E-state index contributed by atoms with van der Waals surface area (Å²) < 4.78 is 5.85. The lowest BCUT2D eigenvalue weighted by atomic mass is 9.99. The van der Waals surface area contributed by atoms with Crippen molar-refractivity contribution in [3.05, 3.63) is 35.9 Å². The minimum absolute atomic E-state index is 0.162. The number of carboxylic acid groups (broad SMARTS) is 1. The fraction of sp³-hybridized carbons (Fsp3) is 0.524. The zero-order valence-electron chi connectivity index (χ0n) is 16.5. The van der Waals surface area contributed by atoms with Crippen LogP contribution in [0, 0.1) is 0 Å². The number of amides is 2. The zero-order chi connectivity index (χ0) is 19.9. The van der Waals surface area contributed by atoms with Crippen molar-refractivity contribution in [3.63, 3.8) is 0 Å². The van der Waals surface area contributed by atoms with Gasteiger partial charge in [0.05, 0.1) is 6.61 Å². The molecule has 7 nitrogen and oxygen atoms in total. The molecule has 0 radical (unpaired) electrons. The van der Waals surface area contributed by atoms with Gasteiger partial charge in [-0.3, -0.25) is 9.69 Å². The Hall–Kier alpha value is -2.54. The molecule has 0 bridgehead atoms. The molecule has 3 rings (SSSR count). The molecule has 1 saturated heterocycles. The zero-order valence-corrected chi connectivity index (χ0v) is 16.5. The lowest BCUT2D eigenvalue weighted by Gasteiger charge is -2.34. The number of benzene rings is 1. The maximum absolute atomic E-state index is 11.3. The van der Waals surface area contributed by atoms with E-state index in [2.05, 4.69) is 4.90 Å². The quantitative estimate of drug-likeness (QED) is 0.759. The van der Waals surface area contributed by atoms with Gasteiger partial charge in [-0.05, 0) is 36.1 Å². The first kappa shape index (κ1) is 20.2. The fourth-order valence-electron chi connectivity index (χ4n) is 3.63. The summed E-state index contributed by atoms with van der Waals surface area (Å²) in [6, 6.07) is 8.04. The summed E-state index contributed by atoms with van der Waals surface area (Å²) in [6.07, 6.45) is 2.82. The van der Waals surface area contributed by atoms with Crippen LogP contribution in [0.4, 0.5) is 4.79 Å². The number of carbonyl (C=O) groups is 2. The highest BCUT2D eigenvalue weighted by Crippen LogP contribution is 2.24. The third-order valence-electron chi connectivity index (χ3n) is 5.41. The van der Waals surface area contributed by atoms with E-state index < -0.39 is 6.09 Å². The lowest BCUT2D eigenvalue weighted by Crippen LogP contribution is -2.48. The normalized spacial score (nSPS) is 18.0. The van der Waals surface area contributed by atoms with Crippen molar-refractivity contribution in [1.29, 1.82) is 0 Å². The van der Waals surface area contributed by atoms with Crippen LogP contribution in [0.5, 0.6) is 5.75 Å². The molecule has 1 aromatic rings. The van der Waals surface area contributed by atoms with Gasteiger partial charge >= 0.3 is 6.09 Å². The second-order valence-electron chi connectivity index (χ2n) is 7.28. The molecule has 0 aliphatic carbocycles. The molecule has 0 spiro atoms. The van der Waals surface area contributed by atoms with Gasteiger partial charge in [0.2, 0.25) is 5.91 Å². The SMILES string of the molecule is CC(=O)N1CCN(CCCOc2ccc(C3=CCN(C(=O)O)CC3)cc2)CC1. The van der Waals surface area contributed by atoms with Gasteiger partial charge in [0.25, 0.3) is 0 Å². The van der Waals surface area contributed by atoms with E-state index in [0.717, 1.165) is 56.9 Å². The fourth-order valence-corrected chi connectivity index (χ4v) is 3.63. The number of nitrogens with zero attached hydrogens (tertiary/aromatic N) is 3. The molecular weight excluding hydrogens is 358 g/mol. The second kappa shape index (κ2) is 9.59. The molecule has 0 atom stereocenters. The van der Waals surface area contributed by atoms with Crippen molar-refractivity contribution in [2.75, 3.05) is 52.4 Å². The Morgan fingerprint density at radius 3 is 2.32 bits per heavy atom. The van der Waals surface area contributed by atoms with Crippen molar-refractivity contribution in [1.82, 2.24) is 14.7 Å². The van der Waals surface area contributed by atoms with Crippen LogP contribution in [0.25, 0.3) is 5.57 Å². The number of hydrogen-bond acceptors (Lipinski definition) is 4. The first-order chi connectivity index (χ1) is 13.5. The van der Waals surface area contributed by atoms with Gasteiger partial charge in [0, 0.05) is 52.7 Å². The molecule has 0 saturated carbocycles. The summed E-state index contributed by atoms with van der Waals surface area (Å²) in [4.78, 5) is 28.0. The van der Waals surface area contributed by atoms with Gasteiger partial charge < -0.3 is 19.6 Å². The highest BCUT2D eigenvalue weighted by molar-refractivity contribution is 5.73. The Morgan fingerprint density at radius 2 is 1.75 bits per heavy atom. The Balaban J connectivity index is 1.37. The molecule has 28 heavy (non-hydrogen) atoms. The van der Waals surface area contributed by atoms with Crippen LogP contribution in [0.3, 0.4) is 0 Å².